The Kier molecular flexibility index (Phi) is 5.94. The number of rotatable bonds is 5. The van der Waals surface area contributed by atoms with E-state index in [4.69, 9.17) is 16.3 Å². The van der Waals surface area contributed by atoms with Crippen LogP contribution < -0.4 is 5.56 Å². The molecule has 0 N–H and O–H groups in total. The first kappa shape index (κ1) is 19.5. The average molecular weight is 401 g/mol. The third-order valence-electron chi connectivity index (χ3n) is 3.17. The molecule has 0 saturated carbocycles. The summed E-state index contributed by atoms with van der Waals surface area (Å²) in [6.07, 6.45) is -3.14. The fraction of sp³-hybridized carbons (Fsp3) is 0.357. The molecule has 1 atom stereocenters. The normalized spacial score (nSPS) is 19.1. The van der Waals surface area contributed by atoms with Gasteiger partial charge in [-0.15, -0.1) is 0 Å². The number of esters is 1. The molecule has 11 heteroatoms. The molecule has 0 saturated heterocycles. The molecule has 1 aromatic rings. The number of hydrogen-bond acceptors (Lipinski definition) is 4. The fourth-order valence-corrected chi connectivity index (χ4v) is 4.44. The summed E-state index contributed by atoms with van der Waals surface area (Å²) in [5.74, 6) is -1.19. The first-order chi connectivity index (χ1) is 11.6. The molecule has 0 spiro atoms. The Morgan fingerprint density at radius 3 is 2.68 bits per heavy atom. The highest BCUT2D eigenvalue weighted by atomic mass is 35.5. The van der Waals surface area contributed by atoms with Gasteiger partial charge in [-0.1, -0.05) is 18.5 Å². The Balaban J connectivity index is 2.28. The molecule has 0 aliphatic carbocycles. The van der Waals surface area contributed by atoms with Gasteiger partial charge in [-0.3, -0.25) is 9.59 Å². The van der Waals surface area contributed by atoms with Crippen LogP contribution in [-0.4, -0.2) is 28.1 Å². The molecule has 1 unspecified atom stereocenters. The monoisotopic (exact) mass is 400 g/mol. The smallest absolute Gasteiger partial charge is 0.418 e. The van der Waals surface area contributed by atoms with E-state index in [0.717, 1.165) is 6.08 Å². The van der Waals surface area contributed by atoms with Crippen LogP contribution in [0.2, 0.25) is 0 Å². The van der Waals surface area contributed by atoms with Gasteiger partial charge < -0.3 is 4.74 Å². The SMILES string of the molecule is CCC(=O)OCC[SH]1C(Cl)=CC(F)=C1n1ncc(C(F)(F)F)cc1=O. The number of nitrogens with zero attached hydrogens (tertiary/aromatic N) is 2. The van der Waals surface area contributed by atoms with E-state index >= 15 is 0 Å². The number of ether oxygens (including phenoxy) is 1. The minimum absolute atomic E-state index is 0.0609. The zero-order valence-corrected chi connectivity index (χ0v) is 14.5. The minimum Gasteiger partial charge on any atom is -0.465 e. The largest absolute Gasteiger partial charge is 0.465 e. The molecule has 1 aliphatic rings. The molecule has 5 nitrogen and oxygen atoms in total. The van der Waals surface area contributed by atoms with E-state index in [0.29, 0.717) is 16.9 Å². The van der Waals surface area contributed by atoms with Crippen molar-refractivity contribution in [1.82, 2.24) is 9.78 Å². The lowest BCUT2D eigenvalue weighted by molar-refractivity contribution is -0.142. The summed E-state index contributed by atoms with van der Waals surface area (Å²) in [5, 5.41) is 3.21. The molecule has 0 aromatic carbocycles. The van der Waals surface area contributed by atoms with Crippen molar-refractivity contribution >= 4 is 33.5 Å². The van der Waals surface area contributed by atoms with Crippen LogP contribution in [0.25, 0.3) is 5.03 Å². The van der Waals surface area contributed by atoms with E-state index in [1.165, 1.54) is 0 Å². The average Bonchev–Trinajstić information content (AvgIpc) is 2.80. The second-order valence-electron chi connectivity index (χ2n) is 4.86. The number of thiol groups is 1. The predicted molar refractivity (Wildman–Crippen MR) is 86.9 cm³/mol. The summed E-state index contributed by atoms with van der Waals surface area (Å²) < 4.78 is 57.6. The lowest BCUT2D eigenvalue weighted by Crippen LogP contribution is -2.24. The summed E-state index contributed by atoms with van der Waals surface area (Å²) >= 11 is 5.97. The zero-order chi connectivity index (χ0) is 18.8. The molecule has 1 aromatic heterocycles. The van der Waals surface area contributed by atoms with Crippen molar-refractivity contribution < 1.29 is 27.1 Å². The first-order valence-electron chi connectivity index (χ1n) is 7.02. The Hall–Kier alpha value is -1.81. The highest BCUT2D eigenvalue weighted by molar-refractivity contribution is 8.29. The van der Waals surface area contributed by atoms with Crippen molar-refractivity contribution in [3.63, 3.8) is 0 Å². The Morgan fingerprint density at radius 2 is 2.12 bits per heavy atom. The first-order valence-corrected chi connectivity index (χ1v) is 8.92. The van der Waals surface area contributed by atoms with Gasteiger partial charge in [0, 0.05) is 24.3 Å². The Labute approximate surface area is 147 Å². The molecule has 0 radical (unpaired) electrons. The van der Waals surface area contributed by atoms with Crippen LogP contribution in [0.5, 0.6) is 0 Å². The van der Waals surface area contributed by atoms with Crippen molar-refractivity contribution in [2.75, 3.05) is 12.4 Å². The van der Waals surface area contributed by atoms with Crippen LogP contribution in [0.3, 0.4) is 0 Å². The summed E-state index contributed by atoms with van der Waals surface area (Å²) in [5.41, 5.74) is -2.36. The van der Waals surface area contributed by atoms with Gasteiger partial charge >= 0.3 is 12.1 Å². The third-order valence-corrected chi connectivity index (χ3v) is 6.08. The lowest BCUT2D eigenvalue weighted by atomic mass is 10.3. The highest BCUT2D eigenvalue weighted by Gasteiger charge is 2.33. The summed E-state index contributed by atoms with van der Waals surface area (Å²) in [7, 11) is -1.60. The van der Waals surface area contributed by atoms with E-state index < -0.39 is 40.0 Å². The van der Waals surface area contributed by atoms with Crippen LogP contribution in [0.15, 0.2) is 33.3 Å². The number of aromatic nitrogens is 2. The van der Waals surface area contributed by atoms with Crippen molar-refractivity contribution in [2.24, 2.45) is 0 Å². The summed E-state index contributed by atoms with van der Waals surface area (Å²) in [4.78, 5) is 23.1. The van der Waals surface area contributed by atoms with Gasteiger partial charge in [0.25, 0.3) is 5.56 Å². The van der Waals surface area contributed by atoms with E-state index in [1.807, 2.05) is 0 Å². The van der Waals surface area contributed by atoms with Crippen molar-refractivity contribution in [3.8, 4) is 0 Å². The van der Waals surface area contributed by atoms with Gasteiger partial charge in [0.15, 0.2) is 5.83 Å². The number of halogens is 5. The molecule has 25 heavy (non-hydrogen) atoms. The standard InChI is InChI=1S/C14H13ClF4N2O3S/c1-2-12(23)24-3-4-25-10(15)6-9(16)13(25)21-11(22)5-8(7-20-21)14(17,18)19/h5-7,25H,2-4H2,1H3. The van der Waals surface area contributed by atoms with Crippen molar-refractivity contribution in [2.45, 2.75) is 19.5 Å². The van der Waals surface area contributed by atoms with Gasteiger partial charge in [0.1, 0.15) is 5.03 Å². The molecule has 1 aliphatic heterocycles. The second-order valence-corrected chi connectivity index (χ2v) is 7.74. The van der Waals surface area contributed by atoms with Crippen LogP contribution in [0, 0.1) is 0 Å². The van der Waals surface area contributed by atoms with Gasteiger partial charge in [-0.05, 0) is 0 Å². The molecular formula is C14H13ClF4N2O3S. The van der Waals surface area contributed by atoms with E-state index in [2.05, 4.69) is 5.10 Å². The topological polar surface area (TPSA) is 61.2 Å². The molecule has 2 rings (SSSR count). The van der Waals surface area contributed by atoms with Gasteiger partial charge in [0.2, 0.25) is 0 Å². The predicted octanol–water partition coefficient (Wildman–Crippen LogP) is 3.41. The Bertz CT molecular complexity index is 804. The molecule has 0 bridgehead atoms. The second kappa shape index (κ2) is 7.61. The van der Waals surface area contributed by atoms with Crippen LogP contribution >= 0.6 is 22.5 Å². The van der Waals surface area contributed by atoms with Crippen LogP contribution in [0.1, 0.15) is 18.9 Å². The van der Waals surface area contributed by atoms with Crippen molar-refractivity contribution in [1.29, 1.82) is 0 Å². The molecule has 2 heterocycles. The number of carbonyl (C=O) groups excluding carboxylic acids is 1. The maximum absolute atomic E-state index is 14.1. The van der Waals surface area contributed by atoms with Gasteiger partial charge in [-0.2, -0.15) is 33.8 Å². The molecular weight excluding hydrogens is 388 g/mol. The molecule has 0 amide bonds. The number of hydrogen-bond donors (Lipinski definition) is 1. The number of allylic oxidation sites excluding steroid dienone is 2. The summed E-state index contributed by atoms with van der Waals surface area (Å²) in [6, 6.07) is 0.337. The van der Waals surface area contributed by atoms with E-state index in [1.54, 1.807) is 6.92 Å². The fourth-order valence-electron chi connectivity index (χ4n) is 1.98. The van der Waals surface area contributed by atoms with E-state index in [-0.39, 0.29) is 28.2 Å². The lowest BCUT2D eigenvalue weighted by Gasteiger charge is -2.20. The Morgan fingerprint density at radius 1 is 1.44 bits per heavy atom. The summed E-state index contributed by atoms with van der Waals surface area (Å²) in [6.45, 7) is 1.54. The number of alkyl halides is 3. The minimum atomic E-state index is -4.73. The van der Waals surface area contributed by atoms with Crippen LogP contribution in [0.4, 0.5) is 17.6 Å². The van der Waals surface area contributed by atoms with Gasteiger partial charge in [-0.25, -0.2) is 4.39 Å². The molecule has 138 valence electrons. The zero-order valence-electron chi connectivity index (χ0n) is 12.8. The maximum Gasteiger partial charge on any atom is 0.418 e. The quantitative estimate of drug-likeness (QED) is 0.467. The highest BCUT2D eigenvalue weighted by Crippen LogP contribution is 2.54. The van der Waals surface area contributed by atoms with Gasteiger partial charge in [0.05, 0.1) is 22.7 Å². The maximum atomic E-state index is 14.1. The third kappa shape index (κ3) is 4.43. The molecule has 0 fully saturated rings. The van der Waals surface area contributed by atoms with Crippen molar-refractivity contribution in [3.05, 3.63) is 44.4 Å². The van der Waals surface area contributed by atoms with E-state index in [9.17, 15) is 27.2 Å². The van der Waals surface area contributed by atoms with Crippen LogP contribution in [-0.2, 0) is 15.7 Å². The number of carbonyl (C=O) groups is 1.